The molecule has 0 aliphatic carbocycles. The van der Waals surface area contributed by atoms with Gasteiger partial charge < -0.3 is 0 Å². The SMILES string of the molecule is Cc1c(C)n2c(C)c(-c3ccccc3)c(=O)n2c1=O. The first-order valence-electron chi connectivity index (χ1n) is 6.16. The van der Waals surface area contributed by atoms with Crippen molar-refractivity contribution >= 4 is 0 Å². The van der Waals surface area contributed by atoms with Crippen LogP contribution in [0.15, 0.2) is 39.9 Å². The van der Waals surface area contributed by atoms with Crippen molar-refractivity contribution in [2.75, 3.05) is 0 Å². The second-order valence-corrected chi connectivity index (χ2v) is 4.77. The zero-order valence-corrected chi connectivity index (χ0v) is 11.1. The first kappa shape index (κ1) is 11.7. The lowest BCUT2D eigenvalue weighted by molar-refractivity contribution is 0.768. The van der Waals surface area contributed by atoms with Gasteiger partial charge in [-0.05, 0) is 26.3 Å². The molecule has 0 atom stereocenters. The molecule has 96 valence electrons. The third-order valence-electron chi connectivity index (χ3n) is 3.72. The van der Waals surface area contributed by atoms with Crippen molar-refractivity contribution in [1.29, 1.82) is 0 Å². The van der Waals surface area contributed by atoms with Gasteiger partial charge in [0.1, 0.15) is 0 Å². The van der Waals surface area contributed by atoms with Gasteiger partial charge >= 0.3 is 0 Å². The van der Waals surface area contributed by atoms with E-state index in [-0.39, 0.29) is 11.1 Å². The fraction of sp³-hybridized carbons (Fsp3) is 0.200. The Labute approximate surface area is 109 Å². The van der Waals surface area contributed by atoms with Gasteiger partial charge in [-0.15, -0.1) is 0 Å². The molecular weight excluding hydrogens is 240 g/mol. The smallest absolute Gasteiger partial charge is 0.267 e. The lowest BCUT2D eigenvalue weighted by atomic mass is 10.1. The van der Waals surface area contributed by atoms with Crippen molar-refractivity contribution in [3.8, 4) is 11.1 Å². The van der Waals surface area contributed by atoms with Crippen LogP contribution in [-0.4, -0.2) is 9.03 Å². The van der Waals surface area contributed by atoms with E-state index in [1.807, 2.05) is 44.2 Å². The second-order valence-electron chi connectivity index (χ2n) is 4.77. The van der Waals surface area contributed by atoms with Gasteiger partial charge in [-0.2, -0.15) is 4.52 Å². The highest BCUT2D eigenvalue weighted by Crippen LogP contribution is 2.20. The van der Waals surface area contributed by atoms with Crippen molar-refractivity contribution < 1.29 is 0 Å². The van der Waals surface area contributed by atoms with Crippen LogP contribution in [0.1, 0.15) is 17.0 Å². The third-order valence-corrected chi connectivity index (χ3v) is 3.72. The summed E-state index contributed by atoms with van der Waals surface area (Å²) in [5, 5.41) is 0. The van der Waals surface area contributed by atoms with Crippen LogP contribution in [0.3, 0.4) is 0 Å². The van der Waals surface area contributed by atoms with Crippen LogP contribution in [0.25, 0.3) is 11.1 Å². The molecule has 0 unspecified atom stereocenters. The van der Waals surface area contributed by atoms with Crippen molar-refractivity contribution in [2.45, 2.75) is 20.8 Å². The van der Waals surface area contributed by atoms with Gasteiger partial charge in [-0.3, -0.25) is 14.1 Å². The molecule has 0 N–H and O–H groups in total. The van der Waals surface area contributed by atoms with E-state index in [9.17, 15) is 9.59 Å². The first-order valence-corrected chi connectivity index (χ1v) is 6.16. The number of aryl methyl sites for hydroxylation is 2. The van der Waals surface area contributed by atoms with Crippen LogP contribution in [0.4, 0.5) is 0 Å². The van der Waals surface area contributed by atoms with Crippen molar-refractivity contribution in [3.63, 3.8) is 0 Å². The molecule has 0 aliphatic rings. The minimum atomic E-state index is -0.245. The molecule has 4 heteroatoms. The Balaban J connectivity index is 2.51. The quantitative estimate of drug-likeness (QED) is 0.664. The first-order chi connectivity index (χ1) is 9.04. The van der Waals surface area contributed by atoms with E-state index in [0.717, 1.165) is 17.0 Å². The van der Waals surface area contributed by atoms with Crippen LogP contribution in [-0.2, 0) is 0 Å². The molecule has 0 saturated heterocycles. The van der Waals surface area contributed by atoms with Gasteiger partial charge in [0.2, 0.25) is 0 Å². The summed E-state index contributed by atoms with van der Waals surface area (Å²) in [5.41, 5.74) is 3.22. The summed E-state index contributed by atoms with van der Waals surface area (Å²) >= 11 is 0. The summed E-state index contributed by atoms with van der Waals surface area (Å²) in [4.78, 5) is 24.6. The lowest BCUT2D eigenvalue weighted by Gasteiger charge is -1.99. The molecule has 2 heterocycles. The molecule has 19 heavy (non-hydrogen) atoms. The molecule has 0 amide bonds. The molecule has 0 bridgehead atoms. The second kappa shape index (κ2) is 3.82. The maximum atomic E-state index is 12.5. The van der Waals surface area contributed by atoms with E-state index in [4.69, 9.17) is 0 Å². The third kappa shape index (κ3) is 1.40. The highest BCUT2D eigenvalue weighted by Gasteiger charge is 2.20. The van der Waals surface area contributed by atoms with E-state index in [1.54, 1.807) is 11.4 Å². The summed E-state index contributed by atoms with van der Waals surface area (Å²) in [5.74, 6) is 0. The number of nitrogens with zero attached hydrogens (tertiary/aromatic N) is 2. The van der Waals surface area contributed by atoms with Gasteiger partial charge in [-0.25, -0.2) is 0 Å². The summed E-state index contributed by atoms with van der Waals surface area (Å²) in [6.45, 7) is 5.48. The van der Waals surface area contributed by atoms with E-state index in [1.165, 1.54) is 4.52 Å². The summed E-state index contributed by atoms with van der Waals surface area (Å²) in [6.07, 6.45) is 0. The zero-order chi connectivity index (χ0) is 13.7. The topological polar surface area (TPSA) is 43.0 Å². The summed E-state index contributed by atoms with van der Waals surface area (Å²) < 4.78 is 2.94. The Kier molecular flexibility index (Phi) is 2.35. The Hall–Kier alpha value is -2.36. The van der Waals surface area contributed by atoms with Crippen molar-refractivity contribution in [3.05, 3.63) is 68.0 Å². The molecule has 1 aromatic carbocycles. The van der Waals surface area contributed by atoms with Crippen LogP contribution >= 0.6 is 0 Å². The predicted molar refractivity (Wildman–Crippen MR) is 74.2 cm³/mol. The van der Waals surface area contributed by atoms with E-state index < -0.39 is 0 Å². The summed E-state index contributed by atoms with van der Waals surface area (Å²) in [6, 6.07) is 9.45. The molecular formula is C15H14N2O2. The molecule has 0 spiro atoms. The average Bonchev–Trinajstić information content (AvgIpc) is 2.80. The van der Waals surface area contributed by atoms with Crippen LogP contribution in [0.5, 0.6) is 0 Å². The Morgan fingerprint density at radius 3 is 2.00 bits per heavy atom. The maximum absolute atomic E-state index is 12.5. The largest absolute Gasteiger partial charge is 0.282 e. The van der Waals surface area contributed by atoms with Gasteiger partial charge in [0.15, 0.2) is 0 Å². The van der Waals surface area contributed by atoms with Crippen LogP contribution in [0.2, 0.25) is 0 Å². The van der Waals surface area contributed by atoms with E-state index >= 15 is 0 Å². The Bertz CT molecular complexity index is 873. The maximum Gasteiger partial charge on any atom is 0.282 e. The standard InChI is InChI=1S/C15H14N2O2/c1-9-10(2)16-11(3)13(12-7-5-4-6-8-12)15(19)17(16)14(9)18/h4-8H,1-3H3. The van der Waals surface area contributed by atoms with Gasteiger partial charge in [-0.1, -0.05) is 30.3 Å². The highest BCUT2D eigenvalue weighted by molar-refractivity contribution is 5.65. The van der Waals surface area contributed by atoms with Gasteiger partial charge in [0, 0.05) is 11.3 Å². The molecule has 3 aromatic rings. The zero-order valence-electron chi connectivity index (χ0n) is 11.1. The van der Waals surface area contributed by atoms with Crippen molar-refractivity contribution in [2.24, 2.45) is 0 Å². The van der Waals surface area contributed by atoms with E-state index in [2.05, 4.69) is 0 Å². The molecule has 0 radical (unpaired) electrons. The molecule has 3 rings (SSSR count). The number of benzene rings is 1. The number of aromatic nitrogens is 2. The number of fused-ring (bicyclic) bond motifs is 1. The fourth-order valence-electron chi connectivity index (χ4n) is 2.60. The van der Waals surface area contributed by atoms with Crippen LogP contribution in [0, 0.1) is 20.8 Å². The van der Waals surface area contributed by atoms with Gasteiger partial charge in [0.25, 0.3) is 11.1 Å². The number of hydrogen-bond donors (Lipinski definition) is 0. The minimum absolute atomic E-state index is 0.229. The molecule has 0 fully saturated rings. The Morgan fingerprint density at radius 1 is 0.789 bits per heavy atom. The molecule has 0 saturated carbocycles. The number of rotatable bonds is 1. The normalized spacial score (nSPS) is 11.3. The van der Waals surface area contributed by atoms with E-state index in [0.29, 0.717) is 11.1 Å². The highest BCUT2D eigenvalue weighted by atomic mass is 16.2. The molecule has 0 aliphatic heterocycles. The molecule has 2 aromatic heterocycles. The Morgan fingerprint density at radius 2 is 1.42 bits per heavy atom. The predicted octanol–water partition coefficient (Wildman–Crippen LogP) is 1.79. The van der Waals surface area contributed by atoms with Crippen LogP contribution < -0.4 is 11.1 Å². The minimum Gasteiger partial charge on any atom is -0.267 e. The summed E-state index contributed by atoms with van der Waals surface area (Å²) in [7, 11) is 0. The monoisotopic (exact) mass is 254 g/mol. The van der Waals surface area contributed by atoms with Crippen molar-refractivity contribution in [1.82, 2.24) is 9.03 Å². The van der Waals surface area contributed by atoms with Gasteiger partial charge in [0.05, 0.1) is 11.3 Å². The fourth-order valence-corrected chi connectivity index (χ4v) is 2.60. The lowest BCUT2D eigenvalue weighted by Crippen LogP contribution is -2.23. The number of hydrogen-bond acceptors (Lipinski definition) is 2. The molecule has 4 nitrogen and oxygen atoms in total. The average molecular weight is 254 g/mol.